The van der Waals surface area contributed by atoms with Gasteiger partial charge in [0.1, 0.15) is 5.75 Å². The number of ether oxygens (including phenoxy) is 1. The zero-order chi connectivity index (χ0) is 14.3. The molecule has 0 saturated heterocycles. The number of alkyl halides is 2. The van der Waals surface area contributed by atoms with E-state index in [4.69, 9.17) is 0 Å². The van der Waals surface area contributed by atoms with Gasteiger partial charge in [-0.15, -0.1) is 12.4 Å². The largest absolute Gasteiger partial charge is 0.435 e. The van der Waals surface area contributed by atoms with Crippen LogP contribution in [0.1, 0.15) is 24.2 Å². The van der Waals surface area contributed by atoms with Crippen molar-refractivity contribution in [3.8, 4) is 5.75 Å². The number of hydrogen-bond donors (Lipinski definition) is 2. The molecule has 1 rings (SSSR count). The molecule has 0 bridgehead atoms. The zero-order valence-corrected chi connectivity index (χ0v) is 12.2. The smallest absolute Gasteiger partial charge is 0.387 e. The van der Waals surface area contributed by atoms with Gasteiger partial charge in [0.2, 0.25) is 0 Å². The van der Waals surface area contributed by atoms with E-state index in [1.807, 2.05) is 13.8 Å². The first-order chi connectivity index (χ1) is 9.02. The molecule has 1 amide bonds. The SMILES string of the molecule is CCN[C@H](C)CNC(=O)c1ccc(OC(F)F)cc1.Cl. The fourth-order valence-electron chi connectivity index (χ4n) is 1.56. The predicted molar refractivity (Wildman–Crippen MR) is 75.8 cm³/mol. The van der Waals surface area contributed by atoms with Crippen molar-refractivity contribution in [2.45, 2.75) is 26.5 Å². The molecule has 0 heterocycles. The number of rotatable bonds is 7. The topological polar surface area (TPSA) is 50.4 Å². The molecule has 0 saturated carbocycles. The highest BCUT2D eigenvalue weighted by molar-refractivity contribution is 5.94. The van der Waals surface area contributed by atoms with Crippen LogP contribution in [0.2, 0.25) is 0 Å². The Morgan fingerprint density at radius 3 is 2.40 bits per heavy atom. The summed E-state index contributed by atoms with van der Waals surface area (Å²) in [6.45, 7) is 2.42. The second-order valence-corrected chi connectivity index (χ2v) is 4.07. The molecule has 1 atom stereocenters. The van der Waals surface area contributed by atoms with Gasteiger partial charge in [-0.1, -0.05) is 6.92 Å². The van der Waals surface area contributed by atoms with Crippen molar-refractivity contribution < 1.29 is 18.3 Å². The van der Waals surface area contributed by atoms with Crippen LogP contribution >= 0.6 is 12.4 Å². The van der Waals surface area contributed by atoms with E-state index in [2.05, 4.69) is 15.4 Å². The Bertz CT molecular complexity index is 402. The third-order valence-corrected chi connectivity index (χ3v) is 2.46. The first-order valence-corrected chi connectivity index (χ1v) is 6.09. The summed E-state index contributed by atoms with van der Waals surface area (Å²) in [4.78, 5) is 11.8. The lowest BCUT2D eigenvalue weighted by Gasteiger charge is -2.13. The van der Waals surface area contributed by atoms with Crippen LogP contribution in [0, 0.1) is 0 Å². The van der Waals surface area contributed by atoms with Gasteiger partial charge in [0, 0.05) is 18.2 Å². The molecule has 4 nitrogen and oxygen atoms in total. The average molecular weight is 309 g/mol. The quantitative estimate of drug-likeness (QED) is 0.813. The first-order valence-electron chi connectivity index (χ1n) is 6.09. The number of halogens is 3. The summed E-state index contributed by atoms with van der Waals surface area (Å²) < 4.78 is 28.1. The average Bonchev–Trinajstić information content (AvgIpc) is 2.36. The van der Waals surface area contributed by atoms with E-state index in [9.17, 15) is 13.6 Å². The van der Waals surface area contributed by atoms with Crippen LogP contribution < -0.4 is 15.4 Å². The van der Waals surface area contributed by atoms with E-state index in [-0.39, 0.29) is 30.1 Å². The predicted octanol–water partition coefficient (Wildman–Crippen LogP) is 2.44. The number of hydrogen-bond acceptors (Lipinski definition) is 3. The van der Waals surface area contributed by atoms with Gasteiger partial charge in [0.25, 0.3) is 5.91 Å². The van der Waals surface area contributed by atoms with Gasteiger partial charge in [-0.05, 0) is 37.7 Å². The summed E-state index contributed by atoms with van der Waals surface area (Å²) in [5.41, 5.74) is 0.408. The lowest BCUT2D eigenvalue weighted by atomic mass is 10.2. The van der Waals surface area contributed by atoms with Crippen LogP contribution in [0.15, 0.2) is 24.3 Å². The maximum atomic E-state index is 12.0. The number of carbonyl (C=O) groups is 1. The minimum Gasteiger partial charge on any atom is -0.435 e. The van der Waals surface area contributed by atoms with E-state index in [1.54, 1.807) is 0 Å². The molecule has 0 radical (unpaired) electrons. The van der Waals surface area contributed by atoms with Gasteiger partial charge < -0.3 is 15.4 Å². The molecular formula is C13H19ClF2N2O2. The number of amides is 1. The molecule has 0 aromatic heterocycles. The molecule has 1 aromatic rings. The standard InChI is InChI=1S/C13H18F2N2O2.ClH/c1-3-16-9(2)8-17-12(18)10-4-6-11(7-5-10)19-13(14)15;/h4-7,9,13,16H,3,8H2,1-2H3,(H,17,18);1H/t9-;/m1./s1. The molecule has 0 spiro atoms. The van der Waals surface area contributed by atoms with E-state index < -0.39 is 6.61 Å². The van der Waals surface area contributed by atoms with Crippen molar-refractivity contribution in [3.63, 3.8) is 0 Å². The second-order valence-electron chi connectivity index (χ2n) is 4.07. The highest BCUT2D eigenvalue weighted by Gasteiger charge is 2.08. The van der Waals surface area contributed by atoms with Crippen LogP contribution in [0.4, 0.5) is 8.78 Å². The minimum absolute atomic E-state index is 0. The van der Waals surface area contributed by atoms with E-state index in [1.165, 1.54) is 24.3 Å². The van der Waals surface area contributed by atoms with E-state index in [0.717, 1.165) is 6.54 Å². The van der Waals surface area contributed by atoms with Crippen LogP contribution in [-0.2, 0) is 0 Å². The van der Waals surface area contributed by atoms with E-state index in [0.29, 0.717) is 12.1 Å². The minimum atomic E-state index is -2.86. The van der Waals surface area contributed by atoms with Crippen molar-refractivity contribution in [2.24, 2.45) is 0 Å². The Morgan fingerprint density at radius 2 is 1.90 bits per heavy atom. The molecule has 0 unspecified atom stereocenters. The van der Waals surface area contributed by atoms with Gasteiger partial charge in [0.05, 0.1) is 0 Å². The molecule has 20 heavy (non-hydrogen) atoms. The van der Waals surface area contributed by atoms with Crippen molar-refractivity contribution in [3.05, 3.63) is 29.8 Å². The van der Waals surface area contributed by atoms with Crippen molar-refractivity contribution in [2.75, 3.05) is 13.1 Å². The van der Waals surface area contributed by atoms with Crippen LogP contribution in [0.3, 0.4) is 0 Å². The molecule has 1 aromatic carbocycles. The Hall–Kier alpha value is -1.40. The summed E-state index contributed by atoms with van der Waals surface area (Å²) in [7, 11) is 0. The van der Waals surface area contributed by atoms with Gasteiger partial charge in [-0.3, -0.25) is 4.79 Å². The highest BCUT2D eigenvalue weighted by Crippen LogP contribution is 2.14. The van der Waals surface area contributed by atoms with Crippen molar-refractivity contribution in [1.82, 2.24) is 10.6 Å². The Morgan fingerprint density at radius 1 is 1.30 bits per heavy atom. The lowest BCUT2D eigenvalue weighted by Crippen LogP contribution is -2.38. The zero-order valence-electron chi connectivity index (χ0n) is 11.4. The maximum Gasteiger partial charge on any atom is 0.387 e. The molecule has 7 heteroatoms. The number of carbonyl (C=O) groups excluding carboxylic acids is 1. The van der Waals surface area contributed by atoms with E-state index >= 15 is 0 Å². The number of nitrogens with one attached hydrogen (secondary N) is 2. The van der Waals surface area contributed by atoms with Gasteiger partial charge in [-0.25, -0.2) is 0 Å². The Balaban J connectivity index is 0.00000361. The maximum absolute atomic E-state index is 12.0. The summed E-state index contributed by atoms with van der Waals surface area (Å²) >= 11 is 0. The third-order valence-electron chi connectivity index (χ3n) is 2.46. The molecule has 114 valence electrons. The Labute approximate surface area is 123 Å². The normalized spacial score (nSPS) is 11.7. The van der Waals surface area contributed by atoms with Gasteiger partial charge >= 0.3 is 6.61 Å². The monoisotopic (exact) mass is 308 g/mol. The van der Waals surface area contributed by atoms with Crippen LogP contribution in [0.25, 0.3) is 0 Å². The molecule has 0 fully saturated rings. The van der Waals surface area contributed by atoms with Crippen molar-refractivity contribution >= 4 is 18.3 Å². The molecule has 0 aliphatic heterocycles. The number of likely N-dealkylation sites (N-methyl/N-ethyl adjacent to an activating group) is 1. The van der Waals surface area contributed by atoms with Crippen molar-refractivity contribution in [1.29, 1.82) is 0 Å². The summed E-state index contributed by atoms with van der Waals surface area (Å²) in [6.07, 6.45) is 0. The summed E-state index contributed by atoms with van der Waals surface area (Å²) in [6, 6.07) is 5.76. The summed E-state index contributed by atoms with van der Waals surface area (Å²) in [5.74, 6) is -0.207. The van der Waals surface area contributed by atoms with Crippen LogP contribution in [0.5, 0.6) is 5.75 Å². The molecule has 0 aliphatic carbocycles. The van der Waals surface area contributed by atoms with Gasteiger partial charge in [0.15, 0.2) is 0 Å². The Kier molecular flexibility index (Phi) is 8.83. The fourth-order valence-corrected chi connectivity index (χ4v) is 1.56. The number of benzene rings is 1. The van der Waals surface area contributed by atoms with Gasteiger partial charge in [-0.2, -0.15) is 8.78 Å². The second kappa shape index (κ2) is 9.50. The molecule has 2 N–H and O–H groups in total. The highest BCUT2D eigenvalue weighted by atomic mass is 35.5. The first kappa shape index (κ1) is 18.6. The molecule has 0 aliphatic rings. The van der Waals surface area contributed by atoms with Crippen LogP contribution in [-0.4, -0.2) is 31.7 Å². The molecular weight excluding hydrogens is 290 g/mol. The lowest BCUT2D eigenvalue weighted by molar-refractivity contribution is -0.0498. The summed E-state index contributed by atoms with van der Waals surface area (Å²) in [5, 5.41) is 5.92. The fraction of sp³-hybridized carbons (Fsp3) is 0.462. The third kappa shape index (κ3) is 6.68.